The molecule has 0 amide bonds. The number of rotatable bonds is 6. The van der Waals surface area contributed by atoms with E-state index in [0.717, 1.165) is 66.8 Å². The van der Waals surface area contributed by atoms with Crippen LogP contribution in [0.25, 0.3) is 105 Å². The Bertz CT molecular complexity index is 4550. The van der Waals surface area contributed by atoms with E-state index in [-0.39, 0.29) is 0 Å². The molecule has 12 aromatic carbocycles. The second kappa shape index (κ2) is 16.1. The van der Waals surface area contributed by atoms with Gasteiger partial charge in [0.2, 0.25) is 0 Å². The summed E-state index contributed by atoms with van der Waals surface area (Å²) in [5.41, 5.74) is 22.9. The molecule has 0 atom stereocenters. The zero-order chi connectivity index (χ0) is 49.2. The molecule has 4 heteroatoms. The predicted molar refractivity (Wildman–Crippen MR) is 311 cm³/mol. The van der Waals surface area contributed by atoms with Crippen LogP contribution in [0.4, 0.5) is 17.1 Å². The molecule has 0 saturated carbocycles. The van der Waals surface area contributed by atoms with Crippen molar-refractivity contribution in [3.05, 3.63) is 289 Å². The van der Waals surface area contributed by atoms with Gasteiger partial charge in [0.25, 0.3) is 0 Å². The maximum atomic E-state index is 5.32. The summed E-state index contributed by atoms with van der Waals surface area (Å²) in [6.07, 6.45) is 1.92. The SMILES string of the molecule is c1ccc(N(c2ccc(-c3cnc4c5ccccc5c5ccccc5c4n3)cc2)c2ccc3c(c2)c2cc(-c4ccc5c(c4)C4(c6ccccc6-c6ccccc64)c4ccccc4-5)ccc2n3-c2ccccc2)cc1. The molecule has 0 radical (unpaired) electrons. The largest absolute Gasteiger partial charge is 0.310 e. The average molecular weight is 953 g/mol. The smallest absolute Gasteiger partial charge is 0.0979 e. The van der Waals surface area contributed by atoms with Crippen LogP contribution in [0.3, 0.4) is 0 Å². The van der Waals surface area contributed by atoms with Crippen molar-refractivity contribution in [2.45, 2.75) is 5.41 Å². The number of fused-ring (bicyclic) bond motifs is 19. The number of hydrogen-bond donors (Lipinski definition) is 0. The first-order chi connectivity index (χ1) is 37.2. The lowest BCUT2D eigenvalue weighted by atomic mass is 9.70. The second-order valence-corrected chi connectivity index (χ2v) is 20.0. The number of benzene rings is 12. The fourth-order valence-corrected chi connectivity index (χ4v) is 13.0. The van der Waals surface area contributed by atoms with Crippen molar-refractivity contribution >= 4 is 71.4 Å². The Morgan fingerprint density at radius 3 is 1.44 bits per heavy atom. The highest BCUT2D eigenvalue weighted by Crippen LogP contribution is 2.63. The van der Waals surface area contributed by atoms with Crippen molar-refractivity contribution in [2.24, 2.45) is 0 Å². The van der Waals surface area contributed by atoms with Gasteiger partial charge in [-0.25, -0.2) is 4.98 Å². The Balaban J connectivity index is 0.848. The van der Waals surface area contributed by atoms with Gasteiger partial charge in [0.15, 0.2) is 0 Å². The number of nitrogens with zero attached hydrogens (tertiary/aromatic N) is 4. The third-order valence-corrected chi connectivity index (χ3v) is 16.2. The number of hydrogen-bond acceptors (Lipinski definition) is 3. The van der Waals surface area contributed by atoms with Crippen LogP contribution < -0.4 is 4.90 Å². The summed E-state index contributed by atoms with van der Waals surface area (Å²) in [5.74, 6) is 0. The molecule has 0 saturated heterocycles. The number of para-hydroxylation sites is 2. The Morgan fingerprint density at radius 1 is 0.320 bits per heavy atom. The highest BCUT2D eigenvalue weighted by molar-refractivity contribution is 6.23. The molecule has 2 aliphatic carbocycles. The molecule has 0 bridgehead atoms. The molecule has 0 unspecified atom stereocenters. The lowest BCUT2D eigenvalue weighted by Gasteiger charge is -2.30. The maximum Gasteiger partial charge on any atom is 0.0979 e. The summed E-state index contributed by atoms with van der Waals surface area (Å²) in [4.78, 5) is 12.8. The third kappa shape index (κ3) is 5.99. The van der Waals surface area contributed by atoms with Gasteiger partial charge >= 0.3 is 0 Å². The first-order valence-corrected chi connectivity index (χ1v) is 25.8. The molecule has 2 aromatic heterocycles. The summed E-state index contributed by atoms with van der Waals surface area (Å²) in [6.45, 7) is 0. The van der Waals surface area contributed by atoms with Crippen LogP contribution >= 0.6 is 0 Å². The van der Waals surface area contributed by atoms with Gasteiger partial charge in [-0.3, -0.25) is 4.98 Å². The molecule has 2 aliphatic rings. The number of anilines is 3. The molecule has 14 aromatic rings. The first kappa shape index (κ1) is 41.7. The van der Waals surface area contributed by atoms with Crippen LogP contribution in [0.5, 0.6) is 0 Å². The lowest BCUT2D eigenvalue weighted by molar-refractivity contribution is 0.794. The third-order valence-electron chi connectivity index (χ3n) is 16.2. The zero-order valence-electron chi connectivity index (χ0n) is 40.7. The van der Waals surface area contributed by atoms with E-state index in [2.05, 4.69) is 270 Å². The minimum Gasteiger partial charge on any atom is -0.310 e. The first-order valence-electron chi connectivity index (χ1n) is 25.8. The molecule has 75 heavy (non-hydrogen) atoms. The molecule has 0 aliphatic heterocycles. The van der Waals surface area contributed by atoms with Gasteiger partial charge in [0.05, 0.1) is 39.4 Å². The minimum absolute atomic E-state index is 0.413. The van der Waals surface area contributed by atoms with Crippen molar-refractivity contribution in [2.75, 3.05) is 4.90 Å². The van der Waals surface area contributed by atoms with E-state index in [4.69, 9.17) is 9.97 Å². The number of aromatic nitrogens is 3. The van der Waals surface area contributed by atoms with E-state index in [1.54, 1.807) is 0 Å². The van der Waals surface area contributed by atoms with E-state index in [1.165, 1.54) is 77.2 Å². The molecule has 0 fully saturated rings. The Labute approximate surface area is 433 Å². The Kier molecular flexibility index (Phi) is 8.92. The monoisotopic (exact) mass is 952 g/mol. The van der Waals surface area contributed by atoms with Crippen molar-refractivity contribution in [1.82, 2.24) is 14.5 Å². The highest BCUT2D eigenvalue weighted by atomic mass is 15.1. The average Bonchev–Trinajstić information content (AvgIpc) is 4.27. The Hall–Kier alpha value is -9.90. The van der Waals surface area contributed by atoms with Crippen molar-refractivity contribution in [1.29, 1.82) is 0 Å². The van der Waals surface area contributed by atoms with E-state index >= 15 is 0 Å². The molecule has 1 spiro atoms. The van der Waals surface area contributed by atoms with E-state index < -0.39 is 5.41 Å². The van der Waals surface area contributed by atoms with Gasteiger partial charge in [-0.15, -0.1) is 0 Å². The lowest BCUT2D eigenvalue weighted by Crippen LogP contribution is -2.25. The molecule has 348 valence electrons. The molecule has 2 heterocycles. The van der Waals surface area contributed by atoms with Crippen molar-refractivity contribution < 1.29 is 0 Å². The van der Waals surface area contributed by atoms with Gasteiger partial charge in [0.1, 0.15) is 0 Å². The van der Waals surface area contributed by atoms with Crippen LogP contribution in [0.2, 0.25) is 0 Å². The van der Waals surface area contributed by atoms with Gasteiger partial charge < -0.3 is 9.47 Å². The van der Waals surface area contributed by atoms with E-state index in [9.17, 15) is 0 Å². The second-order valence-electron chi connectivity index (χ2n) is 20.0. The Morgan fingerprint density at radius 2 is 0.787 bits per heavy atom. The van der Waals surface area contributed by atoms with Crippen LogP contribution in [0.15, 0.2) is 267 Å². The highest BCUT2D eigenvalue weighted by Gasteiger charge is 2.51. The normalized spacial score (nSPS) is 12.9. The summed E-state index contributed by atoms with van der Waals surface area (Å²) in [7, 11) is 0. The van der Waals surface area contributed by atoms with E-state index in [1.807, 2.05) is 6.20 Å². The molecule has 16 rings (SSSR count). The van der Waals surface area contributed by atoms with Crippen LogP contribution in [0.1, 0.15) is 22.3 Å². The quantitative estimate of drug-likeness (QED) is 0.156. The molecule has 4 nitrogen and oxygen atoms in total. The van der Waals surface area contributed by atoms with Crippen LogP contribution in [-0.2, 0) is 5.41 Å². The van der Waals surface area contributed by atoms with Crippen molar-refractivity contribution in [3.63, 3.8) is 0 Å². The summed E-state index contributed by atoms with van der Waals surface area (Å²) >= 11 is 0. The summed E-state index contributed by atoms with van der Waals surface area (Å²) < 4.78 is 2.41. The minimum atomic E-state index is -0.413. The predicted octanol–water partition coefficient (Wildman–Crippen LogP) is 18.2. The van der Waals surface area contributed by atoms with Gasteiger partial charge in [-0.1, -0.05) is 188 Å². The zero-order valence-corrected chi connectivity index (χ0v) is 40.7. The molecule has 0 N–H and O–H groups in total. The van der Waals surface area contributed by atoms with Gasteiger partial charge in [-0.2, -0.15) is 0 Å². The standard InChI is InChI=1S/C71H44N4/c1-3-17-48(18-4-1)74(50-35-31-45(32-36-50)66-44-72-69-58-26-9-7-21-52(58)53-22-8-10-27-59(53)70(69)73-66)51-37-40-68-61(43-51)60-41-46(34-39-67(60)75(68)49-19-5-2-6-20-49)47-33-38-57-56-25-13-16-30-64(56)71(65(57)42-47)62-28-14-11-23-54(62)55-24-12-15-29-63(55)71/h1-44H. The van der Waals surface area contributed by atoms with Crippen LogP contribution in [-0.4, -0.2) is 14.5 Å². The fourth-order valence-electron chi connectivity index (χ4n) is 13.0. The maximum absolute atomic E-state index is 5.32. The van der Waals surface area contributed by atoms with Gasteiger partial charge in [0, 0.05) is 49.9 Å². The van der Waals surface area contributed by atoms with Gasteiger partial charge in [-0.05, 0) is 139 Å². The van der Waals surface area contributed by atoms with Crippen LogP contribution in [0, 0.1) is 0 Å². The van der Waals surface area contributed by atoms with Crippen molar-refractivity contribution in [3.8, 4) is 50.3 Å². The summed E-state index contributed by atoms with van der Waals surface area (Å²) in [5, 5.41) is 6.98. The topological polar surface area (TPSA) is 34.0 Å². The molecular weight excluding hydrogens is 909 g/mol. The fraction of sp³-hybridized carbons (Fsp3) is 0.0141. The summed E-state index contributed by atoms with van der Waals surface area (Å²) in [6, 6.07) is 95.6. The van der Waals surface area contributed by atoms with E-state index in [0.29, 0.717) is 0 Å². The molecular formula is C71H44N4.